The molecule has 0 saturated carbocycles. The molecule has 1 aliphatic heterocycles. The average molecular weight is 182 g/mol. The highest BCUT2D eigenvalue weighted by Gasteiger charge is 2.29. The first-order chi connectivity index (χ1) is 4.75. The molecule has 1 saturated heterocycles. The van der Waals surface area contributed by atoms with Crippen molar-refractivity contribution in [2.45, 2.75) is 4.58 Å². The molecule has 5 heteroatoms. The average Bonchev–Trinajstić information content (AvgIpc) is 2.20. The topological polar surface area (TPSA) is 43.4 Å². The minimum Gasteiger partial charge on any atom is -0.382 e. The molecule has 0 aromatic carbocycles. The van der Waals surface area contributed by atoms with Gasteiger partial charge in [-0.1, -0.05) is 0 Å². The molecule has 1 fully saturated rings. The summed E-state index contributed by atoms with van der Waals surface area (Å²) < 4.78 is 26.6. The van der Waals surface area contributed by atoms with Gasteiger partial charge in [-0.05, 0) is 0 Å². The molecule has 0 radical (unpaired) electrons. The quantitative estimate of drug-likeness (QED) is 0.576. The van der Waals surface area contributed by atoms with Crippen molar-refractivity contribution in [2.24, 2.45) is 0 Å². The van der Waals surface area contributed by atoms with Gasteiger partial charge in [-0.25, -0.2) is 0 Å². The Morgan fingerprint density at radius 2 is 1.90 bits per heavy atom. The van der Waals surface area contributed by atoms with Crippen LogP contribution in [0.4, 0.5) is 0 Å². The van der Waals surface area contributed by atoms with Crippen molar-refractivity contribution in [3.63, 3.8) is 0 Å². The first kappa shape index (κ1) is 8.36. The summed E-state index contributed by atoms with van der Waals surface area (Å²) >= 11 is 0. The van der Waals surface area contributed by atoms with Crippen LogP contribution in [0.25, 0.3) is 0 Å². The molecular formula is C5H10O3S2. The molecular weight excluding hydrogens is 172 g/mol. The van der Waals surface area contributed by atoms with Crippen LogP contribution in [-0.4, -0.2) is 38.2 Å². The fourth-order valence-corrected chi connectivity index (χ4v) is 4.79. The van der Waals surface area contributed by atoms with Crippen molar-refractivity contribution in [1.82, 2.24) is 0 Å². The highest BCUT2D eigenvalue weighted by atomic mass is 32.3. The molecule has 3 nitrogen and oxygen atoms in total. The molecule has 0 aromatic heterocycles. The second-order valence-corrected chi connectivity index (χ2v) is 5.83. The van der Waals surface area contributed by atoms with E-state index >= 15 is 0 Å². The zero-order valence-corrected chi connectivity index (χ0v) is 7.37. The van der Waals surface area contributed by atoms with Gasteiger partial charge in [-0.2, -0.15) is 0 Å². The smallest absolute Gasteiger partial charge is 0.133 e. The lowest BCUT2D eigenvalue weighted by molar-refractivity contribution is 0.212. The highest BCUT2D eigenvalue weighted by molar-refractivity contribution is 8.06. The van der Waals surface area contributed by atoms with E-state index in [1.54, 1.807) is 0 Å². The fraction of sp³-hybridized carbons (Fsp3) is 1.00. The van der Waals surface area contributed by atoms with Crippen molar-refractivity contribution in [3.8, 4) is 0 Å². The summed E-state index contributed by atoms with van der Waals surface area (Å²) in [6, 6.07) is 0. The van der Waals surface area contributed by atoms with Gasteiger partial charge in [-0.15, -0.1) is 0 Å². The van der Waals surface area contributed by atoms with E-state index in [1.165, 1.54) is 7.11 Å². The standard InChI is InChI=1S/C5H10O3S2/c1-8-4-5-9(6)2-3-10(5)7/h5H,2-4H2,1H3/t9-,10-/m0/s1. The molecule has 1 rings (SSSR count). The maximum absolute atomic E-state index is 11.0. The summed E-state index contributed by atoms with van der Waals surface area (Å²) in [5.41, 5.74) is 0. The van der Waals surface area contributed by atoms with Gasteiger partial charge in [0, 0.05) is 40.2 Å². The minimum atomic E-state index is -0.916. The number of hydrogen-bond donors (Lipinski definition) is 0. The monoisotopic (exact) mass is 182 g/mol. The molecule has 0 spiro atoms. The zero-order chi connectivity index (χ0) is 7.56. The molecule has 0 aromatic rings. The molecule has 1 heterocycles. The first-order valence-corrected chi connectivity index (χ1v) is 5.75. The SMILES string of the molecule is COCC1[S@@](=O)CC[S@@]1=O. The van der Waals surface area contributed by atoms with E-state index in [0.717, 1.165) is 0 Å². The summed E-state index contributed by atoms with van der Waals surface area (Å²) in [6.45, 7) is 0.360. The largest absolute Gasteiger partial charge is 0.382 e. The van der Waals surface area contributed by atoms with Gasteiger partial charge in [-0.3, -0.25) is 8.42 Å². The van der Waals surface area contributed by atoms with Gasteiger partial charge >= 0.3 is 0 Å². The van der Waals surface area contributed by atoms with E-state index in [9.17, 15) is 8.42 Å². The van der Waals surface area contributed by atoms with Crippen molar-refractivity contribution in [1.29, 1.82) is 0 Å². The summed E-state index contributed by atoms with van der Waals surface area (Å²) in [5, 5.41) is 0. The van der Waals surface area contributed by atoms with Crippen LogP contribution in [0.5, 0.6) is 0 Å². The van der Waals surface area contributed by atoms with Gasteiger partial charge in [0.25, 0.3) is 0 Å². The van der Waals surface area contributed by atoms with Gasteiger partial charge in [0.1, 0.15) is 4.58 Å². The molecule has 0 aliphatic carbocycles. The lowest BCUT2D eigenvalue weighted by atomic mass is 10.8. The number of hydrogen-bond acceptors (Lipinski definition) is 3. The van der Waals surface area contributed by atoms with Crippen molar-refractivity contribution in [2.75, 3.05) is 25.2 Å². The van der Waals surface area contributed by atoms with E-state index in [0.29, 0.717) is 18.1 Å². The van der Waals surface area contributed by atoms with Crippen LogP contribution < -0.4 is 0 Å². The number of rotatable bonds is 2. The predicted octanol–water partition coefficient (Wildman–Crippen LogP) is -0.530. The van der Waals surface area contributed by atoms with Crippen molar-refractivity contribution >= 4 is 21.6 Å². The van der Waals surface area contributed by atoms with E-state index in [2.05, 4.69) is 0 Å². The summed E-state index contributed by atoms with van der Waals surface area (Å²) in [7, 11) is -0.297. The predicted molar refractivity (Wildman–Crippen MR) is 41.7 cm³/mol. The van der Waals surface area contributed by atoms with Crippen molar-refractivity contribution in [3.05, 3.63) is 0 Å². The van der Waals surface area contributed by atoms with Gasteiger partial charge in [0.05, 0.1) is 6.61 Å². The maximum Gasteiger partial charge on any atom is 0.133 e. The van der Waals surface area contributed by atoms with Gasteiger partial charge in [0.15, 0.2) is 0 Å². The van der Waals surface area contributed by atoms with Crippen LogP contribution >= 0.6 is 0 Å². The van der Waals surface area contributed by atoms with E-state index in [4.69, 9.17) is 4.74 Å². The zero-order valence-electron chi connectivity index (χ0n) is 5.74. The Bertz CT molecular complexity index is 152. The van der Waals surface area contributed by atoms with E-state index in [1.807, 2.05) is 0 Å². The minimum absolute atomic E-state index is 0.231. The molecule has 0 amide bonds. The molecule has 10 heavy (non-hydrogen) atoms. The van der Waals surface area contributed by atoms with Crippen molar-refractivity contribution < 1.29 is 13.2 Å². The third kappa shape index (κ3) is 1.65. The molecule has 0 unspecified atom stereocenters. The summed E-state index contributed by atoms with van der Waals surface area (Å²) in [6.07, 6.45) is 0. The van der Waals surface area contributed by atoms with Crippen LogP contribution in [-0.2, 0) is 26.3 Å². The second kappa shape index (κ2) is 3.59. The Hall–Kier alpha value is 0.260. The molecule has 1 aliphatic rings. The Morgan fingerprint density at radius 1 is 1.40 bits per heavy atom. The second-order valence-electron chi connectivity index (χ2n) is 2.05. The third-order valence-corrected chi connectivity index (χ3v) is 5.58. The number of methoxy groups -OCH3 is 1. The van der Waals surface area contributed by atoms with E-state index in [-0.39, 0.29) is 4.58 Å². The van der Waals surface area contributed by atoms with Crippen LogP contribution in [0, 0.1) is 0 Å². The molecule has 2 atom stereocenters. The van der Waals surface area contributed by atoms with Crippen LogP contribution in [0.15, 0.2) is 0 Å². The normalized spacial score (nSPS) is 34.9. The summed E-state index contributed by atoms with van der Waals surface area (Å²) in [5.74, 6) is 1.14. The number of ether oxygens (including phenoxy) is 1. The maximum atomic E-state index is 11.0. The summed E-state index contributed by atoms with van der Waals surface area (Å²) in [4.78, 5) is 0. The first-order valence-electron chi connectivity index (χ1n) is 2.99. The molecule has 0 N–H and O–H groups in total. The Labute approximate surface area is 65.1 Å². The lowest BCUT2D eigenvalue weighted by Crippen LogP contribution is -2.19. The highest BCUT2D eigenvalue weighted by Crippen LogP contribution is 2.12. The lowest BCUT2D eigenvalue weighted by Gasteiger charge is -2.03. The van der Waals surface area contributed by atoms with Crippen LogP contribution in [0.2, 0.25) is 0 Å². The van der Waals surface area contributed by atoms with Gasteiger partial charge < -0.3 is 4.74 Å². The Morgan fingerprint density at radius 3 is 2.30 bits per heavy atom. The fourth-order valence-electron chi connectivity index (χ4n) is 0.835. The van der Waals surface area contributed by atoms with Crippen LogP contribution in [0.3, 0.4) is 0 Å². The molecule has 0 bridgehead atoms. The van der Waals surface area contributed by atoms with E-state index < -0.39 is 21.6 Å². The van der Waals surface area contributed by atoms with Gasteiger partial charge in [0.2, 0.25) is 0 Å². The van der Waals surface area contributed by atoms with Crippen LogP contribution in [0.1, 0.15) is 0 Å². The Kier molecular flexibility index (Phi) is 3.00. The Balaban J connectivity index is 2.54. The molecule has 60 valence electrons. The third-order valence-electron chi connectivity index (χ3n) is 1.37.